The summed E-state index contributed by atoms with van der Waals surface area (Å²) in [6.45, 7) is 17.7. The van der Waals surface area contributed by atoms with Crippen LogP contribution in [0.15, 0.2) is 18.7 Å². The fourth-order valence-corrected chi connectivity index (χ4v) is 7.05. The molecule has 0 aromatic carbocycles. The van der Waals surface area contributed by atoms with Gasteiger partial charge >= 0.3 is 6.03 Å². The summed E-state index contributed by atoms with van der Waals surface area (Å²) in [5.74, 6) is 1.20. The third-order valence-corrected chi connectivity index (χ3v) is 9.91. The van der Waals surface area contributed by atoms with Crippen molar-refractivity contribution in [1.82, 2.24) is 44.8 Å². The van der Waals surface area contributed by atoms with E-state index in [0.29, 0.717) is 61.1 Å². The zero-order valence-electron chi connectivity index (χ0n) is 29.1. The number of nitrogens with zero attached hydrogens (tertiary/aromatic N) is 8. The smallest absolute Gasteiger partial charge is 0.315 e. The molecule has 2 amide bonds. The number of rotatable bonds is 14. The molecule has 47 heavy (non-hydrogen) atoms. The summed E-state index contributed by atoms with van der Waals surface area (Å²) in [5.41, 5.74) is 2.31. The van der Waals surface area contributed by atoms with Crippen LogP contribution in [-0.2, 0) is 6.42 Å². The van der Waals surface area contributed by atoms with E-state index in [0.717, 1.165) is 37.8 Å². The van der Waals surface area contributed by atoms with Crippen molar-refractivity contribution in [2.75, 3.05) is 36.4 Å². The van der Waals surface area contributed by atoms with Crippen LogP contribution in [0.3, 0.4) is 0 Å². The summed E-state index contributed by atoms with van der Waals surface area (Å²) in [5, 5.41) is 36.6. The largest absolute Gasteiger partial charge is 0.388 e. The molecular formula is C33H55N11O3. The monoisotopic (exact) mass is 653 g/mol. The van der Waals surface area contributed by atoms with Crippen molar-refractivity contribution in [1.29, 1.82) is 0 Å². The molecule has 1 aliphatic carbocycles. The lowest BCUT2D eigenvalue weighted by Crippen LogP contribution is -2.47. The minimum absolute atomic E-state index is 0.0457. The molecule has 4 heterocycles. The molecule has 2 fully saturated rings. The number of aryl methyl sites for hydroxylation is 1. The van der Waals surface area contributed by atoms with E-state index in [4.69, 9.17) is 15.0 Å². The van der Waals surface area contributed by atoms with Gasteiger partial charge in [-0.05, 0) is 65.4 Å². The number of carbonyl (C=O) groups is 1. The van der Waals surface area contributed by atoms with E-state index in [1.807, 2.05) is 17.0 Å². The number of aliphatic hydroxyl groups excluding tert-OH is 2. The van der Waals surface area contributed by atoms with Gasteiger partial charge in [0.2, 0.25) is 5.95 Å². The lowest BCUT2D eigenvalue weighted by Gasteiger charge is -2.30. The standard InChI is InChI=1S/C33H55N11O3/c1-8-22-16-36-44(17-22)26-15-25(28(45)29(26)46)43-19-35-27-30(37-23(9-2)10-3)39-32(40-31(27)43)41-13-11-24(18-41)38-33(47)34-12-14-42(20(4)5)21(6)7/h16-17,19-21,23-26,28-29,45-46H,8-15,18H2,1-7H3,(H2,34,38,47)(H,37,39,40)/t24-,25-,26+,28+,29-/m1/s1. The van der Waals surface area contributed by atoms with Crippen LogP contribution in [0.1, 0.15) is 91.8 Å². The first-order valence-electron chi connectivity index (χ1n) is 17.5. The van der Waals surface area contributed by atoms with Crippen molar-refractivity contribution in [2.45, 2.75) is 129 Å². The van der Waals surface area contributed by atoms with Gasteiger partial charge in [-0.3, -0.25) is 9.58 Å². The second kappa shape index (κ2) is 15.2. The van der Waals surface area contributed by atoms with Crippen LogP contribution < -0.4 is 20.9 Å². The number of amides is 2. The second-order valence-corrected chi connectivity index (χ2v) is 13.6. The number of nitrogens with one attached hydrogen (secondary N) is 3. The number of urea groups is 1. The van der Waals surface area contributed by atoms with Crippen LogP contribution in [0.4, 0.5) is 16.6 Å². The fourth-order valence-electron chi connectivity index (χ4n) is 7.05. The molecule has 2 aliphatic rings. The Labute approximate surface area is 278 Å². The molecule has 0 unspecified atom stereocenters. The molecule has 3 aromatic rings. The van der Waals surface area contributed by atoms with Crippen molar-refractivity contribution < 1.29 is 15.0 Å². The minimum Gasteiger partial charge on any atom is -0.388 e. The van der Waals surface area contributed by atoms with Gasteiger partial charge in [0.1, 0.15) is 12.2 Å². The molecule has 3 aromatic heterocycles. The number of fused-ring (bicyclic) bond motifs is 1. The van der Waals surface area contributed by atoms with Crippen molar-refractivity contribution in [3.8, 4) is 0 Å². The maximum absolute atomic E-state index is 12.8. The van der Waals surface area contributed by atoms with E-state index in [1.165, 1.54) is 0 Å². The highest BCUT2D eigenvalue weighted by Crippen LogP contribution is 2.40. The van der Waals surface area contributed by atoms with E-state index in [-0.39, 0.29) is 24.2 Å². The zero-order valence-corrected chi connectivity index (χ0v) is 29.1. The van der Waals surface area contributed by atoms with E-state index >= 15 is 0 Å². The van der Waals surface area contributed by atoms with Gasteiger partial charge in [0.05, 0.1) is 24.6 Å². The zero-order chi connectivity index (χ0) is 33.8. The van der Waals surface area contributed by atoms with Crippen molar-refractivity contribution >= 4 is 29.0 Å². The van der Waals surface area contributed by atoms with E-state index in [1.54, 1.807) is 11.0 Å². The Balaban J connectivity index is 1.34. The number of aliphatic hydroxyl groups is 2. The highest BCUT2D eigenvalue weighted by atomic mass is 16.3. The van der Waals surface area contributed by atoms with Crippen LogP contribution in [0.25, 0.3) is 11.2 Å². The molecule has 14 nitrogen and oxygen atoms in total. The molecule has 0 bridgehead atoms. The Morgan fingerprint density at radius 1 is 1.06 bits per heavy atom. The Kier molecular flexibility index (Phi) is 11.2. The van der Waals surface area contributed by atoms with Gasteiger partial charge in [-0.2, -0.15) is 15.1 Å². The summed E-state index contributed by atoms with van der Waals surface area (Å²) in [6.07, 6.45) is 7.38. The number of anilines is 2. The second-order valence-electron chi connectivity index (χ2n) is 13.6. The SMILES string of the molecule is CCc1cnn([C@H]2C[C@@H](n3cnc4c(NC(CC)CC)nc(N5CC[C@@H](NC(=O)NCCN(C(C)C)C(C)C)C5)nc43)[C@H](O)[C@@H]2O)c1. The van der Waals surface area contributed by atoms with Crippen LogP contribution in [-0.4, -0.2) is 113 Å². The summed E-state index contributed by atoms with van der Waals surface area (Å²) < 4.78 is 3.65. The van der Waals surface area contributed by atoms with E-state index in [2.05, 4.69) is 79.3 Å². The van der Waals surface area contributed by atoms with Gasteiger partial charge in [-0.1, -0.05) is 20.8 Å². The fraction of sp³-hybridized carbons (Fsp3) is 0.727. The highest BCUT2D eigenvalue weighted by molar-refractivity contribution is 5.84. The van der Waals surface area contributed by atoms with Crippen LogP contribution in [0.5, 0.6) is 0 Å². The minimum atomic E-state index is -1.02. The quantitative estimate of drug-likeness (QED) is 0.175. The molecule has 260 valence electrons. The topological polar surface area (TPSA) is 162 Å². The van der Waals surface area contributed by atoms with Gasteiger partial charge in [0, 0.05) is 56.5 Å². The molecule has 1 aliphatic heterocycles. The molecule has 0 radical (unpaired) electrons. The molecule has 0 spiro atoms. The molecule has 14 heteroatoms. The van der Waals surface area contributed by atoms with E-state index < -0.39 is 18.2 Å². The summed E-state index contributed by atoms with van der Waals surface area (Å²) in [7, 11) is 0. The van der Waals surface area contributed by atoms with Crippen molar-refractivity contribution in [2.24, 2.45) is 0 Å². The highest BCUT2D eigenvalue weighted by Gasteiger charge is 2.44. The first-order valence-corrected chi connectivity index (χ1v) is 17.5. The summed E-state index contributed by atoms with van der Waals surface area (Å²) >= 11 is 0. The Bertz CT molecular complexity index is 1460. The number of hydrogen-bond donors (Lipinski definition) is 5. The maximum Gasteiger partial charge on any atom is 0.315 e. The molecular weight excluding hydrogens is 598 g/mol. The summed E-state index contributed by atoms with van der Waals surface area (Å²) in [6, 6.07) is 0.00617. The van der Waals surface area contributed by atoms with Crippen molar-refractivity contribution in [3.05, 3.63) is 24.3 Å². The lowest BCUT2D eigenvalue weighted by molar-refractivity contribution is 0.00721. The molecule has 1 saturated heterocycles. The number of aromatic nitrogens is 6. The number of hydrogen-bond acceptors (Lipinski definition) is 10. The van der Waals surface area contributed by atoms with Crippen LogP contribution in [0.2, 0.25) is 0 Å². The Hall–Kier alpha value is -3.49. The summed E-state index contributed by atoms with van der Waals surface area (Å²) in [4.78, 5) is 31.9. The predicted octanol–water partition coefficient (Wildman–Crippen LogP) is 3.09. The lowest BCUT2D eigenvalue weighted by atomic mass is 10.2. The first-order chi connectivity index (χ1) is 22.5. The third kappa shape index (κ3) is 7.65. The first kappa shape index (κ1) is 34.8. The number of carbonyl (C=O) groups excluding carboxylic acids is 1. The Morgan fingerprint density at radius 2 is 1.79 bits per heavy atom. The van der Waals surface area contributed by atoms with Gasteiger partial charge in [0.25, 0.3) is 0 Å². The van der Waals surface area contributed by atoms with Gasteiger partial charge in [-0.15, -0.1) is 0 Å². The Morgan fingerprint density at radius 3 is 2.45 bits per heavy atom. The maximum atomic E-state index is 12.8. The van der Waals surface area contributed by atoms with Gasteiger partial charge < -0.3 is 35.6 Å². The predicted molar refractivity (Wildman–Crippen MR) is 184 cm³/mol. The van der Waals surface area contributed by atoms with Gasteiger partial charge in [-0.25, -0.2) is 9.78 Å². The number of imidazole rings is 1. The van der Waals surface area contributed by atoms with Gasteiger partial charge in [0.15, 0.2) is 17.0 Å². The molecule has 5 N–H and O–H groups in total. The normalized spacial score (nSPS) is 23.3. The molecule has 5 rings (SSSR count). The molecule has 1 saturated carbocycles. The average Bonchev–Trinajstić information content (AvgIpc) is 3.85. The third-order valence-electron chi connectivity index (χ3n) is 9.91. The van der Waals surface area contributed by atoms with Crippen molar-refractivity contribution in [3.63, 3.8) is 0 Å². The molecule has 5 atom stereocenters. The van der Waals surface area contributed by atoms with E-state index in [9.17, 15) is 15.0 Å². The average molecular weight is 654 g/mol. The van der Waals surface area contributed by atoms with Crippen LogP contribution >= 0.6 is 0 Å². The van der Waals surface area contributed by atoms with Crippen LogP contribution in [0, 0.1) is 0 Å².